The lowest BCUT2D eigenvalue weighted by Crippen LogP contribution is -2.24. The maximum absolute atomic E-state index is 14.5. The first-order valence-electron chi connectivity index (χ1n) is 10.8. The average molecular weight is 441 g/mol. The Labute approximate surface area is 184 Å². The number of aliphatic hydroxyl groups excluding tert-OH is 1. The highest BCUT2D eigenvalue weighted by molar-refractivity contribution is 5.77. The summed E-state index contributed by atoms with van der Waals surface area (Å²) in [5.41, 5.74) is 0.588. The molecule has 4 rings (SSSR count). The van der Waals surface area contributed by atoms with E-state index in [1.54, 1.807) is 12.3 Å². The highest BCUT2D eigenvalue weighted by Gasteiger charge is 2.25. The van der Waals surface area contributed by atoms with Crippen LogP contribution in [0.1, 0.15) is 57.1 Å². The van der Waals surface area contributed by atoms with E-state index in [0.29, 0.717) is 23.5 Å². The van der Waals surface area contributed by atoms with Gasteiger partial charge < -0.3 is 15.7 Å². The lowest BCUT2D eigenvalue weighted by Gasteiger charge is -2.25. The number of imidazole rings is 1. The van der Waals surface area contributed by atoms with Crippen molar-refractivity contribution in [1.82, 2.24) is 19.5 Å². The van der Waals surface area contributed by atoms with Crippen LogP contribution >= 0.6 is 0 Å². The number of nitrogens with zero attached hydrogens (tertiary/aromatic N) is 5. The quantitative estimate of drug-likeness (QED) is 0.498. The fraction of sp³-hybridized carbons (Fsp3) is 0.455. The van der Waals surface area contributed by atoms with Gasteiger partial charge in [-0.2, -0.15) is 10.2 Å². The summed E-state index contributed by atoms with van der Waals surface area (Å²) >= 11 is 0. The summed E-state index contributed by atoms with van der Waals surface area (Å²) in [5, 5.41) is 24.3. The maximum atomic E-state index is 14.5. The number of benzene rings is 1. The van der Waals surface area contributed by atoms with Gasteiger partial charge in [0.15, 0.2) is 17.3 Å². The molecule has 32 heavy (non-hydrogen) atoms. The molecule has 0 aliphatic heterocycles. The normalized spacial score (nSPS) is 15.5. The zero-order valence-corrected chi connectivity index (χ0v) is 17.8. The Bertz CT molecular complexity index is 1120. The van der Waals surface area contributed by atoms with Crippen LogP contribution in [-0.4, -0.2) is 37.3 Å². The van der Waals surface area contributed by atoms with Crippen LogP contribution in [-0.2, 0) is 0 Å². The number of aromatic nitrogens is 4. The predicted molar refractivity (Wildman–Crippen MR) is 117 cm³/mol. The summed E-state index contributed by atoms with van der Waals surface area (Å²) in [6.07, 6.45) is 7.29. The van der Waals surface area contributed by atoms with E-state index in [4.69, 9.17) is 5.26 Å². The molecule has 0 spiro atoms. The van der Waals surface area contributed by atoms with E-state index in [1.807, 2.05) is 11.5 Å². The van der Waals surface area contributed by atoms with Crippen LogP contribution in [0.5, 0.6) is 0 Å². The van der Waals surface area contributed by atoms with Crippen LogP contribution in [0.25, 0.3) is 11.2 Å². The molecule has 2 heterocycles. The van der Waals surface area contributed by atoms with Crippen LogP contribution < -0.4 is 10.6 Å². The summed E-state index contributed by atoms with van der Waals surface area (Å²) in [4.78, 5) is 13.4. The average Bonchev–Trinajstić information content (AvgIpc) is 3.17. The van der Waals surface area contributed by atoms with Crippen molar-refractivity contribution in [2.45, 2.75) is 57.5 Å². The van der Waals surface area contributed by atoms with Gasteiger partial charge in [0.1, 0.15) is 11.2 Å². The van der Waals surface area contributed by atoms with Crippen molar-refractivity contribution in [3.63, 3.8) is 0 Å². The zero-order chi connectivity index (χ0) is 22.7. The molecule has 0 amide bonds. The minimum absolute atomic E-state index is 0.0518. The Hall–Kier alpha value is -3.32. The first-order chi connectivity index (χ1) is 15.5. The van der Waals surface area contributed by atoms with Gasteiger partial charge in [-0.25, -0.2) is 18.7 Å². The molecule has 1 fully saturated rings. The number of hydrogen-bond donors (Lipinski definition) is 3. The van der Waals surface area contributed by atoms with Gasteiger partial charge in [0.25, 0.3) is 0 Å². The van der Waals surface area contributed by atoms with Gasteiger partial charge in [0, 0.05) is 6.04 Å². The molecule has 2 aromatic heterocycles. The van der Waals surface area contributed by atoms with Crippen molar-refractivity contribution in [2.24, 2.45) is 0 Å². The fourth-order valence-electron chi connectivity index (χ4n) is 4.06. The van der Waals surface area contributed by atoms with E-state index in [1.165, 1.54) is 0 Å². The van der Waals surface area contributed by atoms with Gasteiger partial charge in [-0.05, 0) is 31.4 Å². The monoisotopic (exact) mass is 441 g/mol. The first kappa shape index (κ1) is 21.9. The minimum atomic E-state index is -0.869. The van der Waals surface area contributed by atoms with E-state index in [2.05, 4.69) is 25.6 Å². The maximum Gasteiger partial charge on any atom is 0.225 e. The molecule has 1 atom stereocenters. The number of fused-ring (bicyclic) bond motifs is 1. The predicted octanol–water partition coefficient (Wildman–Crippen LogP) is 4.41. The fourth-order valence-corrected chi connectivity index (χ4v) is 4.06. The SMILES string of the molecule is CC[C@@H](CO)Nc1ncc2nc(Nc3c(F)cc(C#N)cc3F)n(C3CCCCC3)c2n1. The molecular formula is C22H25F2N7O. The van der Waals surface area contributed by atoms with Crippen LogP contribution in [0.4, 0.5) is 26.4 Å². The molecule has 0 saturated heterocycles. The highest BCUT2D eigenvalue weighted by Crippen LogP contribution is 2.35. The second kappa shape index (κ2) is 9.44. The van der Waals surface area contributed by atoms with Crippen LogP contribution in [0, 0.1) is 23.0 Å². The molecule has 0 unspecified atom stereocenters. The van der Waals surface area contributed by atoms with Crippen molar-refractivity contribution in [2.75, 3.05) is 17.2 Å². The van der Waals surface area contributed by atoms with Crippen molar-refractivity contribution in [3.8, 4) is 6.07 Å². The molecule has 10 heteroatoms. The summed E-state index contributed by atoms with van der Waals surface area (Å²) in [7, 11) is 0. The third kappa shape index (κ3) is 4.34. The number of nitrogens with one attached hydrogen (secondary N) is 2. The Morgan fingerprint density at radius 1 is 1.22 bits per heavy atom. The van der Waals surface area contributed by atoms with Crippen molar-refractivity contribution < 1.29 is 13.9 Å². The first-order valence-corrected chi connectivity index (χ1v) is 10.8. The molecule has 1 saturated carbocycles. The van der Waals surface area contributed by atoms with Crippen LogP contribution in [0.3, 0.4) is 0 Å². The molecular weight excluding hydrogens is 416 g/mol. The molecule has 168 valence electrons. The molecule has 3 aromatic rings. The number of anilines is 3. The van der Waals surface area contributed by atoms with Crippen LogP contribution in [0.15, 0.2) is 18.3 Å². The standard InChI is InChI=1S/C22H25F2N7O/c1-2-14(12-32)27-21-26-11-18-20(30-21)31(15-6-4-3-5-7-15)22(28-18)29-19-16(23)8-13(10-25)9-17(19)24/h8-9,11,14-15,32H,2-7,12H2,1H3,(H,28,29)(H,26,27,30)/t14-/m0/s1. The van der Waals surface area contributed by atoms with Gasteiger partial charge in [0.2, 0.25) is 11.9 Å². The van der Waals surface area contributed by atoms with Crippen molar-refractivity contribution in [3.05, 3.63) is 35.5 Å². The van der Waals surface area contributed by atoms with Gasteiger partial charge in [-0.1, -0.05) is 26.2 Å². The van der Waals surface area contributed by atoms with E-state index in [9.17, 15) is 13.9 Å². The molecule has 0 bridgehead atoms. The van der Waals surface area contributed by atoms with E-state index < -0.39 is 11.6 Å². The number of hydrogen-bond acceptors (Lipinski definition) is 7. The Kier molecular flexibility index (Phi) is 6.46. The van der Waals surface area contributed by atoms with Crippen LogP contribution in [0.2, 0.25) is 0 Å². The topological polar surface area (TPSA) is 112 Å². The molecule has 1 aliphatic carbocycles. The van der Waals surface area contributed by atoms with Crippen molar-refractivity contribution in [1.29, 1.82) is 5.26 Å². The highest BCUT2D eigenvalue weighted by atomic mass is 19.1. The summed E-state index contributed by atoms with van der Waals surface area (Å²) in [5.74, 6) is -1.11. The summed E-state index contributed by atoms with van der Waals surface area (Å²) in [6, 6.07) is 3.61. The van der Waals surface area contributed by atoms with E-state index in [0.717, 1.165) is 44.2 Å². The van der Waals surface area contributed by atoms with Gasteiger partial charge in [-0.3, -0.25) is 4.57 Å². The lowest BCUT2D eigenvalue weighted by molar-refractivity contribution is 0.271. The summed E-state index contributed by atoms with van der Waals surface area (Å²) in [6.45, 7) is 1.89. The van der Waals surface area contributed by atoms with Crippen molar-refractivity contribution >= 4 is 28.7 Å². The van der Waals surface area contributed by atoms with Gasteiger partial charge in [0.05, 0.1) is 30.5 Å². The second-order valence-electron chi connectivity index (χ2n) is 7.98. The van der Waals surface area contributed by atoms with E-state index >= 15 is 0 Å². The lowest BCUT2D eigenvalue weighted by atomic mass is 9.95. The van der Waals surface area contributed by atoms with E-state index in [-0.39, 0.29) is 35.9 Å². The molecule has 3 N–H and O–H groups in total. The van der Waals surface area contributed by atoms with Gasteiger partial charge in [-0.15, -0.1) is 0 Å². The number of aliphatic hydroxyl groups is 1. The number of nitriles is 1. The second-order valence-corrected chi connectivity index (χ2v) is 7.98. The molecule has 1 aromatic carbocycles. The Morgan fingerprint density at radius 3 is 2.56 bits per heavy atom. The molecule has 0 radical (unpaired) electrons. The summed E-state index contributed by atoms with van der Waals surface area (Å²) < 4.78 is 31.0. The Morgan fingerprint density at radius 2 is 1.94 bits per heavy atom. The molecule has 1 aliphatic rings. The number of halogens is 2. The number of rotatable bonds is 7. The third-order valence-electron chi connectivity index (χ3n) is 5.83. The zero-order valence-electron chi connectivity index (χ0n) is 17.8. The minimum Gasteiger partial charge on any atom is -0.394 e. The smallest absolute Gasteiger partial charge is 0.225 e. The Balaban J connectivity index is 1.79. The molecule has 8 nitrogen and oxygen atoms in total. The van der Waals surface area contributed by atoms with Gasteiger partial charge >= 0.3 is 0 Å². The largest absolute Gasteiger partial charge is 0.394 e. The third-order valence-corrected chi connectivity index (χ3v) is 5.83.